The van der Waals surface area contributed by atoms with Crippen molar-refractivity contribution in [2.24, 2.45) is 46.3 Å². The molecule has 11 atom stereocenters. The van der Waals surface area contributed by atoms with Crippen LogP contribution in [0.3, 0.4) is 0 Å². The van der Waals surface area contributed by atoms with Crippen LogP contribution in [0.15, 0.2) is 0 Å². The van der Waals surface area contributed by atoms with Crippen LogP contribution in [0.25, 0.3) is 0 Å². The molecule has 0 spiro atoms. The second-order valence-corrected chi connectivity index (χ2v) is 14.1. The van der Waals surface area contributed by atoms with Crippen molar-refractivity contribution in [1.82, 2.24) is 0 Å². The Morgan fingerprint density at radius 1 is 1.06 bits per heavy atom. The van der Waals surface area contributed by atoms with E-state index in [2.05, 4.69) is 20.8 Å². The van der Waals surface area contributed by atoms with Gasteiger partial charge in [0.25, 0.3) is 10.1 Å². The van der Waals surface area contributed by atoms with Gasteiger partial charge < -0.3 is 20.1 Å². The molecule has 0 unspecified atom stereocenters. The van der Waals surface area contributed by atoms with E-state index in [9.17, 15) is 28.5 Å². The molecule has 4 saturated carbocycles. The first-order valence-electron chi connectivity index (χ1n) is 13.4. The van der Waals surface area contributed by atoms with Crippen molar-refractivity contribution in [3.8, 4) is 0 Å². The summed E-state index contributed by atoms with van der Waals surface area (Å²) in [6.07, 6.45) is 5.39. The Morgan fingerprint density at radius 3 is 2.46 bits per heavy atom. The summed E-state index contributed by atoms with van der Waals surface area (Å²) in [4.78, 5) is 12.1. The summed E-state index contributed by atoms with van der Waals surface area (Å²) in [5, 5.41) is 33.2. The minimum atomic E-state index is -4.16. The third-order valence-electron chi connectivity index (χ3n) is 10.9. The minimum Gasteiger partial charge on any atom is -0.464 e. The number of ether oxygens (including phenoxy) is 1. The molecule has 4 fully saturated rings. The summed E-state index contributed by atoms with van der Waals surface area (Å²) >= 11 is 0. The summed E-state index contributed by atoms with van der Waals surface area (Å²) in [6, 6.07) is 0. The van der Waals surface area contributed by atoms with Gasteiger partial charge in [-0.1, -0.05) is 20.8 Å². The van der Waals surface area contributed by atoms with Crippen LogP contribution in [0, 0.1) is 46.3 Å². The van der Waals surface area contributed by atoms with Crippen LogP contribution in [0.4, 0.5) is 0 Å². The maximum atomic E-state index is 12.1. The summed E-state index contributed by atoms with van der Waals surface area (Å²) in [7, 11) is -4.16. The third-order valence-corrected chi connectivity index (χ3v) is 11.6. The fraction of sp³-hybridized carbons (Fsp3) is 0.962. The van der Waals surface area contributed by atoms with Gasteiger partial charge in [-0.15, -0.1) is 0 Å². The second-order valence-electron chi connectivity index (χ2n) is 12.5. The first-order chi connectivity index (χ1) is 16.3. The van der Waals surface area contributed by atoms with E-state index in [0.29, 0.717) is 18.8 Å². The Kier molecular flexibility index (Phi) is 7.69. The van der Waals surface area contributed by atoms with Crippen molar-refractivity contribution in [3.05, 3.63) is 0 Å². The van der Waals surface area contributed by atoms with Gasteiger partial charge in [-0.05, 0) is 97.7 Å². The molecule has 0 aromatic heterocycles. The van der Waals surface area contributed by atoms with Gasteiger partial charge in [0.2, 0.25) is 0 Å². The first-order valence-corrected chi connectivity index (χ1v) is 15.0. The highest BCUT2D eigenvalue weighted by Gasteiger charge is 2.65. The fourth-order valence-corrected chi connectivity index (χ4v) is 9.31. The average Bonchev–Trinajstić information content (AvgIpc) is 3.12. The van der Waals surface area contributed by atoms with Crippen LogP contribution in [0.5, 0.6) is 0 Å². The summed E-state index contributed by atoms with van der Waals surface area (Å²) < 4.78 is 35.3. The van der Waals surface area contributed by atoms with Crippen LogP contribution in [0.2, 0.25) is 0 Å². The molecule has 0 heterocycles. The highest BCUT2D eigenvalue weighted by molar-refractivity contribution is 7.85. The molecule has 0 amide bonds. The van der Waals surface area contributed by atoms with Gasteiger partial charge in [0, 0.05) is 6.42 Å². The van der Waals surface area contributed by atoms with E-state index in [1.807, 2.05) is 0 Å². The van der Waals surface area contributed by atoms with Gasteiger partial charge in [0.15, 0.2) is 0 Å². The summed E-state index contributed by atoms with van der Waals surface area (Å²) in [6.45, 7) is 6.26. The van der Waals surface area contributed by atoms with E-state index >= 15 is 0 Å². The van der Waals surface area contributed by atoms with E-state index in [4.69, 9.17) is 9.29 Å². The Morgan fingerprint density at radius 2 is 1.77 bits per heavy atom. The lowest BCUT2D eigenvalue weighted by Crippen LogP contribution is -2.62. The van der Waals surface area contributed by atoms with Crippen molar-refractivity contribution in [2.75, 3.05) is 12.4 Å². The van der Waals surface area contributed by atoms with Crippen LogP contribution < -0.4 is 0 Å². The molecular weight excluding hydrogens is 472 g/mol. The number of hydrogen-bond donors (Lipinski definition) is 4. The lowest BCUT2D eigenvalue weighted by Gasteiger charge is -2.63. The van der Waals surface area contributed by atoms with Crippen LogP contribution in [-0.2, 0) is 19.6 Å². The van der Waals surface area contributed by atoms with E-state index in [-0.39, 0.29) is 59.6 Å². The van der Waals surface area contributed by atoms with E-state index in [1.165, 1.54) is 0 Å². The predicted molar refractivity (Wildman–Crippen MR) is 130 cm³/mol. The van der Waals surface area contributed by atoms with Crippen LogP contribution in [-0.4, -0.2) is 64.9 Å². The zero-order chi connectivity index (χ0) is 25.8. The standard InChI is InChI=1S/C26H44O8S/c1-15(4-7-23(30)34-10-11-35(31,32)33)18-5-6-19-24-20(14-22(29)26(18,19)3)25(2)9-8-17(27)12-16(25)13-21(24)28/h15-22,24,27-29H,4-14H2,1-3H3,(H,31,32,33)/t15-,16+,17-,18-,19+,20+,21+,22+,24+,25+,26-/m1/s1. The predicted octanol–water partition coefficient (Wildman–Crippen LogP) is 2.80. The molecule has 0 radical (unpaired) electrons. The summed E-state index contributed by atoms with van der Waals surface area (Å²) in [5.41, 5.74) is -0.283. The molecule has 202 valence electrons. The van der Waals surface area contributed by atoms with Crippen molar-refractivity contribution in [1.29, 1.82) is 0 Å². The summed E-state index contributed by atoms with van der Waals surface area (Å²) in [5.74, 6) is 0.231. The number of carbonyl (C=O) groups is 1. The van der Waals surface area contributed by atoms with Crippen molar-refractivity contribution >= 4 is 16.1 Å². The lowest BCUT2D eigenvalue weighted by molar-refractivity contribution is -0.207. The number of aliphatic hydroxyl groups excluding tert-OH is 3. The average molecular weight is 517 g/mol. The van der Waals surface area contributed by atoms with Crippen molar-refractivity contribution < 1.29 is 37.8 Å². The van der Waals surface area contributed by atoms with Gasteiger partial charge in [-0.3, -0.25) is 9.35 Å². The number of rotatable bonds is 7. The second kappa shape index (κ2) is 9.86. The first kappa shape index (κ1) is 27.3. The molecule has 9 heteroatoms. The molecular formula is C26H44O8S. The molecule has 0 aromatic carbocycles. The van der Waals surface area contributed by atoms with Gasteiger partial charge in [-0.25, -0.2) is 0 Å². The molecule has 35 heavy (non-hydrogen) atoms. The zero-order valence-corrected chi connectivity index (χ0v) is 22.1. The lowest BCUT2D eigenvalue weighted by atomic mass is 9.43. The van der Waals surface area contributed by atoms with Crippen molar-refractivity contribution in [3.63, 3.8) is 0 Å². The van der Waals surface area contributed by atoms with Crippen LogP contribution in [0.1, 0.15) is 78.6 Å². The monoisotopic (exact) mass is 516 g/mol. The maximum Gasteiger partial charge on any atom is 0.305 e. The van der Waals surface area contributed by atoms with E-state index in [0.717, 1.165) is 38.5 Å². The molecule has 4 aliphatic carbocycles. The molecule has 0 aromatic rings. The topological polar surface area (TPSA) is 141 Å². The Balaban J connectivity index is 1.43. The molecule has 4 aliphatic rings. The van der Waals surface area contributed by atoms with Gasteiger partial charge >= 0.3 is 5.97 Å². The SMILES string of the molecule is C[C@H](CCC(=O)OCCS(=O)(=O)O)[C@H]1CC[C@H]2[C@@H]3[C@@H](O)C[C@@H]4C[C@H](O)CC[C@]4(C)[C@H]3C[C@H](O)[C@]12C. The largest absolute Gasteiger partial charge is 0.464 e. The molecule has 0 aliphatic heterocycles. The smallest absolute Gasteiger partial charge is 0.305 e. The Bertz CT molecular complexity index is 892. The molecule has 4 N–H and O–H groups in total. The normalized spacial score (nSPS) is 46.3. The fourth-order valence-electron chi connectivity index (χ4n) is 9.01. The van der Waals surface area contributed by atoms with Gasteiger partial charge in [0.1, 0.15) is 12.4 Å². The quantitative estimate of drug-likeness (QED) is 0.299. The number of hydrogen-bond acceptors (Lipinski definition) is 7. The Labute approximate surface area is 209 Å². The number of aliphatic hydroxyl groups is 3. The number of carbonyl (C=O) groups excluding carboxylic acids is 1. The number of esters is 1. The van der Waals surface area contributed by atoms with E-state index in [1.54, 1.807) is 0 Å². The van der Waals surface area contributed by atoms with Crippen LogP contribution >= 0.6 is 0 Å². The number of fused-ring (bicyclic) bond motifs is 5. The highest BCUT2D eigenvalue weighted by Crippen LogP contribution is 2.68. The Hall–Kier alpha value is -0.740. The van der Waals surface area contributed by atoms with Gasteiger partial charge in [-0.2, -0.15) is 8.42 Å². The third kappa shape index (κ3) is 5.05. The maximum absolute atomic E-state index is 12.1. The molecule has 0 saturated heterocycles. The minimum absolute atomic E-state index is 0.0426. The zero-order valence-electron chi connectivity index (χ0n) is 21.3. The van der Waals surface area contributed by atoms with E-state index < -0.39 is 34.0 Å². The molecule has 0 bridgehead atoms. The molecule has 8 nitrogen and oxygen atoms in total. The van der Waals surface area contributed by atoms with Gasteiger partial charge in [0.05, 0.1) is 18.3 Å². The molecule has 4 rings (SSSR count). The van der Waals surface area contributed by atoms with Crippen molar-refractivity contribution in [2.45, 2.75) is 96.9 Å². The highest BCUT2D eigenvalue weighted by atomic mass is 32.2.